The van der Waals surface area contributed by atoms with Crippen LogP contribution in [0.2, 0.25) is 0 Å². The average Bonchev–Trinajstić information content (AvgIpc) is 3.18. The number of phenols is 4. The Kier molecular flexibility index (Phi) is 14.8. The summed E-state index contributed by atoms with van der Waals surface area (Å²) in [4.78, 5) is 13.3. The quantitative estimate of drug-likeness (QED) is 0.0489. The van der Waals surface area contributed by atoms with Crippen LogP contribution >= 0.6 is 0 Å². The molecule has 3 fully saturated rings. The van der Waals surface area contributed by atoms with E-state index < -0.39 is 135 Å². The van der Waals surface area contributed by atoms with Crippen molar-refractivity contribution in [2.75, 3.05) is 26.4 Å². The van der Waals surface area contributed by atoms with Gasteiger partial charge in [-0.3, -0.25) is 0 Å². The van der Waals surface area contributed by atoms with E-state index in [1.54, 1.807) is 0 Å². The number of aliphatic hydroxyl groups excluding tert-OH is 9. The third kappa shape index (κ3) is 10.0. The fourth-order valence-electron chi connectivity index (χ4n) is 6.19. The molecule has 312 valence electrons. The molecule has 2 aromatic rings. The summed E-state index contributed by atoms with van der Waals surface area (Å²) in [6, 6.07) is 7.65. The fourth-order valence-corrected chi connectivity index (χ4v) is 6.19. The van der Waals surface area contributed by atoms with E-state index in [9.17, 15) is 71.2 Å². The number of benzene rings is 2. The first-order valence-electron chi connectivity index (χ1n) is 17.4. The number of ether oxygens (including phenoxy) is 7. The van der Waals surface area contributed by atoms with Crippen LogP contribution in [0.1, 0.15) is 11.1 Å². The molecular weight excluding hydrogens is 756 g/mol. The van der Waals surface area contributed by atoms with Gasteiger partial charge in [0.1, 0.15) is 67.1 Å². The minimum absolute atomic E-state index is 0.0840. The predicted octanol–water partition coefficient (Wildman–Crippen LogP) is -4.22. The highest BCUT2D eigenvalue weighted by Gasteiger charge is 2.53. The number of carbonyl (C=O) groups excluding carboxylic acids is 1. The van der Waals surface area contributed by atoms with Gasteiger partial charge in [-0.2, -0.15) is 0 Å². The molecule has 15 atom stereocenters. The monoisotopic (exact) mass is 802 g/mol. The van der Waals surface area contributed by atoms with Crippen LogP contribution in [0.25, 0.3) is 6.08 Å². The second-order valence-electron chi connectivity index (χ2n) is 13.3. The van der Waals surface area contributed by atoms with Crippen LogP contribution in [0.4, 0.5) is 0 Å². The number of aliphatic hydroxyl groups is 9. The van der Waals surface area contributed by atoms with Crippen LogP contribution < -0.4 is 0 Å². The van der Waals surface area contributed by atoms with Crippen LogP contribution in [0, 0.1) is 0 Å². The zero-order valence-corrected chi connectivity index (χ0v) is 29.4. The number of hydrogen-bond acceptors (Lipinski definition) is 21. The van der Waals surface area contributed by atoms with Gasteiger partial charge in [0.05, 0.1) is 26.4 Å². The number of phenolic OH excluding ortho intramolecular Hbond substituents is 4. The summed E-state index contributed by atoms with van der Waals surface area (Å²) in [6.45, 7) is -2.56. The standard InChI is InChI=1S/C35H46O21/c36-11-20-24(43)26(45)28(47)33(52-20)51-13-22-31(55-23(42)6-3-14-1-4-16(38)18(40)9-14)32(56-35-29(48)27(46)25(44)21(12-37)53-35)30(49)34(54-22)50-8-7-15-2-5-17(39)19(41)10-15/h1-6,9-10,20-22,24-41,43-49H,7-8,11-13H2/t20-,21-,22-,24-,25-,26+,27+,28-,29-,30-,31-,32-,33-,34-,35+/m1/s1. The first-order chi connectivity index (χ1) is 26.6. The molecule has 0 bridgehead atoms. The summed E-state index contributed by atoms with van der Waals surface area (Å²) in [5.41, 5.74) is 0.729. The van der Waals surface area contributed by atoms with Gasteiger partial charge in [0.2, 0.25) is 0 Å². The zero-order valence-electron chi connectivity index (χ0n) is 29.4. The first-order valence-corrected chi connectivity index (χ1v) is 17.4. The van der Waals surface area contributed by atoms with Crippen LogP contribution in [-0.2, 0) is 44.4 Å². The van der Waals surface area contributed by atoms with Crippen LogP contribution in [0.5, 0.6) is 23.0 Å². The smallest absolute Gasteiger partial charge is 0.331 e. The van der Waals surface area contributed by atoms with E-state index in [0.717, 1.165) is 18.2 Å². The van der Waals surface area contributed by atoms with Crippen molar-refractivity contribution in [3.63, 3.8) is 0 Å². The molecule has 13 N–H and O–H groups in total. The Morgan fingerprint density at radius 3 is 1.77 bits per heavy atom. The molecule has 0 aliphatic carbocycles. The molecule has 0 spiro atoms. The van der Waals surface area contributed by atoms with E-state index in [2.05, 4.69) is 0 Å². The lowest BCUT2D eigenvalue weighted by molar-refractivity contribution is -0.366. The summed E-state index contributed by atoms with van der Waals surface area (Å²) >= 11 is 0. The number of carbonyl (C=O) groups is 1. The largest absolute Gasteiger partial charge is 0.504 e. The van der Waals surface area contributed by atoms with Crippen molar-refractivity contribution >= 4 is 12.0 Å². The summed E-state index contributed by atoms with van der Waals surface area (Å²) in [5, 5.41) is 133. The molecule has 3 aliphatic heterocycles. The molecule has 21 nitrogen and oxygen atoms in total. The minimum atomic E-state index is -1.99. The van der Waals surface area contributed by atoms with Gasteiger partial charge in [0, 0.05) is 6.08 Å². The number of esters is 1. The maximum absolute atomic E-state index is 13.3. The van der Waals surface area contributed by atoms with E-state index in [1.165, 1.54) is 30.3 Å². The number of aromatic hydroxyl groups is 4. The van der Waals surface area contributed by atoms with Crippen molar-refractivity contribution in [1.29, 1.82) is 0 Å². The second kappa shape index (κ2) is 19.1. The predicted molar refractivity (Wildman–Crippen MR) is 181 cm³/mol. The third-order valence-electron chi connectivity index (χ3n) is 9.40. The Bertz CT molecular complexity index is 1620. The molecule has 3 aliphatic rings. The van der Waals surface area contributed by atoms with E-state index in [4.69, 9.17) is 33.2 Å². The normalized spacial score (nSPS) is 36.4. The molecule has 0 radical (unpaired) electrons. The van der Waals surface area contributed by atoms with Gasteiger partial charge in [-0.25, -0.2) is 4.79 Å². The van der Waals surface area contributed by atoms with Crippen LogP contribution in [0.15, 0.2) is 42.5 Å². The SMILES string of the molecule is O=C(C=Cc1ccc(O)c(O)c1)O[C@H]1[C@H](O[C@@H]2O[C@H](CO)[C@@H](O)[C@H](O)[C@H]2O)[C@@H](O)[C@H](OCCc2ccc(O)c(O)c2)O[C@@H]1CO[C@@H]1O[C@H](CO)[C@@H](O)[C@H](O)[C@H]1O. The van der Waals surface area contributed by atoms with Crippen molar-refractivity contribution in [1.82, 2.24) is 0 Å². The lowest BCUT2D eigenvalue weighted by atomic mass is 9.96. The highest BCUT2D eigenvalue weighted by Crippen LogP contribution is 2.33. The number of rotatable bonds is 14. The summed E-state index contributed by atoms with van der Waals surface area (Å²) in [5.74, 6) is -2.81. The van der Waals surface area contributed by atoms with Crippen LogP contribution in [0.3, 0.4) is 0 Å². The maximum Gasteiger partial charge on any atom is 0.331 e. The molecule has 0 unspecified atom stereocenters. The van der Waals surface area contributed by atoms with Crippen molar-refractivity contribution in [2.24, 2.45) is 0 Å². The molecule has 2 aromatic carbocycles. The highest BCUT2D eigenvalue weighted by molar-refractivity contribution is 5.87. The Balaban J connectivity index is 1.44. The van der Waals surface area contributed by atoms with Crippen LogP contribution in [-0.4, -0.2) is 191 Å². The van der Waals surface area contributed by atoms with Gasteiger partial charge in [0.15, 0.2) is 48.0 Å². The second-order valence-corrected chi connectivity index (χ2v) is 13.3. The molecule has 5 rings (SSSR count). The lowest BCUT2D eigenvalue weighted by Crippen LogP contribution is -2.66. The van der Waals surface area contributed by atoms with E-state index in [0.29, 0.717) is 5.56 Å². The summed E-state index contributed by atoms with van der Waals surface area (Å²) in [6.07, 6.45) is -24.1. The van der Waals surface area contributed by atoms with E-state index >= 15 is 0 Å². The van der Waals surface area contributed by atoms with E-state index in [-0.39, 0.29) is 24.3 Å². The Labute approximate surface area is 317 Å². The molecule has 0 amide bonds. The highest BCUT2D eigenvalue weighted by atomic mass is 16.8. The van der Waals surface area contributed by atoms with Crippen molar-refractivity contribution in [3.05, 3.63) is 53.6 Å². The Morgan fingerprint density at radius 2 is 1.16 bits per heavy atom. The zero-order chi connectivity index (χ0) is 40.8. The van der Waals surface area contributed by atoms with Gasteiger partial charge < -0.3 is 99.5 Å². The molecule has 56 heavy (non-hydrogen) atoms. The molecular formula is C35H46O21. The Morgan fingerprint density at radius 1 is 0.607 bits per heavy atom. The van der Waals surface area contributed by atoms with Gasteiger partial charge >= 0.3 is 5.97 Å². The van der Waals surface area contributed by atoms with Gasteiger partial charge in [-0.15, -0.1) is 0 Å². The van der Waals surface area contributed by atoms with Gasteiger partial charge in [-0.05, 0) is 47.9 Å². The van der Waals surface area contributed by atoms with Gasteiger partial charge in [-0.1, -0.05) is 12.1 Å². The molecule has 21 heteroatoms. The average molecular weight is 803 g/mol. The fraction of sp³-hybridized carbons (Fsp3) is 0.571. The third-order valence-corrected chi connectivity index (χ3v) is 9.40. The summed E-state index contributed by atoms with van der Waals surface area (Å²) in [7, 11) is 0. The topological polar surface area (TPSA) is 345 Å². The van der Waals surface area contributed by atoms with Gasteiger partial charge in [0.25, 0.3) is 0 Å². The molecule has 3 heterocycles. The van der Waals surface area contributed by atoms with Crippen molar-refractivity contribution in [2.45, 2.75) is 98.5 Å². The lowest BCUT2D eigenvalue weighted by Gasteiger charge is -2.47. The molecule has 3 saturated heterocycles. The number of hydrogen-bond donors (Lipinski definition) is 13. The maximum atomic E-state index is 13.3. The van der Waals surface area contributed by atoms with Crippen molar-refractivity contribution < 1.29 is 104 Å². The molecule has 0 saturated carbocycles. The molecule has 0 aromatic heterocycles. The minimum Gasteiger partial charge on any atom is -0.504 e. The Hall–Kier alpha value is -3.75. The van der Waals surface area contributed by atoms with E-state index in [1.807, 2.05) is 0 Å². The first kappa shape index (κ1) is 43.4. The van der Waals surface area contributed by atoms with Crippen molar-refractivity contribution in [3.8, 4) is 23.0 Å². The summed E-state index contributed by atoms with van der Waals surface area (Å²) < 4.78 is 40.0.